The first-order valence-corrected chi connectivity index (χ1v) is 6.74. The summed E-state index contributed by atoms with van der Waals surface area (Å²) >= 11 is 3.41. The van der Waals surface area contributed by atoms with Crippen LogP contribution in [-0.4, -0.2) is 18.5 Å². The van der Waals surface area contributed by atoms with Crippen LogP contribution >= 0.6 is 15.9 Å². The van der Waals surface area contributed by atoms with E-state index in [4.69, 9.17) is 0 Å². The van der Waals surface area contributed by atoms with Crippen molar-refractivity contribution in [3.05, 3.63) is 28.2 Å². The largest absolute Gasteiger partial charge is 0.326 e. The summed E-state index contributed by atoms with van der Waals surface area (Å²) in [6.07, 6.45) is 2.84. The molecule has 2 N–H and O–H groups in total. The first kappa shape index (κ1) is 12.6. The molecule has 1 aliphatic heterocycles. The number of aryl methyl sites for hydroxylation is 1. The summed E-state index contributed by atoms with van der Waals surface area (Å²) < 4.78 is 0.984. The zero-order valence-corrected chi connectivity index (χ0v) is 11.5. The van der Waals surface area contributed by atoms with Crippen LogP contribution in [0.2, 0.25) is 0 Å². The van der Waals surface area contributed by atoms with Crippen LogP contribution in [0.25, 0.3) is 0 Å². The van der Waals surface area contributed by atoms with Crippen molar-refractivity contribution in [2.75, 3.05) is 11.9 Å². The molecule has 1 atom stereocenters. The average Bonchev–Trinajstić information content (AvgIpc) is 2.76. The number of hydrogen-bond donors (Lipinski definition) is 2. The predicted octanol–water partition coefficient (Wildman–Crippen LogP) is 2.84. The quantitative estimate of drug-likeness (QED) is 0.900. The molecule has 0 spiro atoms. The second kappa shape index (κ2) is 5.65. The number of hydrogen-bond acceptors (Lipinski definition) is 2. The molecular formula is C13H17BrN2O. The molecule has 2 rings (SSSR count). The van der Waals surface area contributed by atoms with E-state index in [9.17, 15) is 4.79 Å². The highest BCUT2D eigenvalue weighted by molar-refractivity contribution is 9.10. The molecule has 0 radical (unpaired) electrons. The third kappa shape index (κ3) is 3.54. The normalized spacial score (nSPS) is 19.3. The van der Waals surface area contributed by atoms with Gasteiger partial charge in [-0.05, 0) is 44.0 Å². The maximum Gasteiger partial charge on any atom is 0.225 e. The molecular weight excluding hydrogens is 280 g/mol. The average molecular weight is 297 g/mol. The molecule has 1 saturated heterocycles. The van der Waals surface area contributed by atoms with E-state index in [0.29, 0.717) is 12.5 Å². The van der Waals surface area contributed by atoms with Crippen LogP contribution < -0.4 is 10.6 Å². The van der Waals surface area contributed by atoms with Crippen LogP contribution in [0.5, 0.6) is 0 Å². The molecule has 1 aromatic carbocycles. The Morgan fingerprint density at radius 3 is 3.12 bits per heavy atom. The number of nitrogens with one attached hydrogen (secondary N) is 2. The van der Waals surface area contributed by atoms with Gasteiger partial charge in [-0.3, -0.25) is 4.79 Å². The van der Waals surface area contributed by atoms with E-state index in [1.54, 1.807) is 0 Å². The van der Waals surface area contributed by atoms with Crippen LogP contribution in [0.1, 0.15) is 24.8 Å². The number of carbonyl (C=O) groups is 1. The Hall–Kier alpha value is -0.870. The minimum Gasteiger partial charge on any atom is -0.326 e. The summed E-state index contributed by atoms with van der Waals surface area (Å²) in [5.41, 5.74) is 1.98. The van der Waals surface area contributed by atoms with E-state index >= 15 is 0 Å². The molecule has 0 bridgehead atoms. The minimum atomic E-state index is 0.0885. The van der Waals surface area contributed by atoms with E-state index in [2.05, 4.69) is 26.6 Å². The molecule has 17 heavy (non-hydrogen) atoms. The monoisotopic (exact) mass is 296 g/mol. The fourth-order valence-corrected chi connectivity index (χ4v) is 2.45. The lowest BCUT2D eigenvalue weighted by atomic mass is 10.1. The fourth-order valence-electron chi connectivity index (χ4n) is 2.08. The SMILES string of the molecule is Cc1ccc(Br)cc1NC(=O)CC1CCCN1. The molecule has 3 nitrogen and oxygen atoms in total. The summed E-state index contributed by atoms with van der Waals surface area (Å²) in [5, 5.41) is 6.30. The molecule has 1 amide bonds. The van der Waals surface area contributed by atoms with Crippen LogP contribution in [0.15, 0.2) is 22.7 Å². The van der Waals surface area contributed by atoms with Crippen molar-refractivity contribution in [1.29, 1.82) is 0 Å². The summed E-state index contributed by atoms with van der Waals surface area (Å²) in [7, 11) is 0. The van der Waals surface area contributed by atoms with Crippen molar-refractivity contribution >= 4 is 27.5 Å². The number of carbonyl (C=O) groups excluding carboxylic acids is 1. The highest BCUT2D eigenvalue weighted by Crippen LogP contribution is 2.21. The van der Waals surface area contributed by atoms with Crippen LogP contribution in [-0.2, 0) is 4.79 Å². The molecule has 4 heteroatoms. The van der Waals surface area contributed by atoms with Gasteiger partial charge in [0, 0.05) is 22.6 Å². The summed E-state index contributed by atoms with van der Waals surface area (Å²) in [4.78, 5) is 11.9. The zero-order chi connectivity index (χ0) is 12.3. The maximum atomic E-state index is 11.9. The number of benzene rings is 1. The van der Waals surface area contributed by atoms with Gasteiger partial charge < -0.3 is 10.6 Å². The van der Waals surface area contributed by atoms with Crippen molar-refractivity contribution < 1.29 is 4.79 Å². The molecule has 0 aliphatic carbocycles. The van der Waals surface area contributed by atoms with Gasteiger partial charge >= 0.3 is 0 Å². The van der Waals surface area contributed by atoms with Gasteiger partial charge in [-0.1, -0.05) is 22.0 Å². The Balaban J connectivity index is 1.95. The van der Waals surface area contributed by atoms with E-state index in [0.717, 1.165) is 28.7 Å². The molecule has 1 heterocycles. The van der Waals surface area contributed by atoms with Crippen molar-refractivity contribution in [1.82, 2.24) is 5.32 Å². The molecule has 1 aliphatic rings. The zero-order valence-electron chi connectivity index (χ0n) is 9.92. The van der Waals surface area contributed by atoms with E-state index < -0.39 is 0 Å². The second-order valence-corrected chi connectivity index (χ2v) is 5.42. The Morgan fingerprint density at radius 2 is 2.41 bits per heavy atom. The Kier molecular flexibility index (Phi) is 4.18. The topological polar surface area (TPSA) is 41.1 Å². The maximum absolute atomic E-state index is 11.9. The molecule has 1 fully saturated rings. The van der Waals surface area contributed by atoms with Crippen molar-refractivity contribution in [2.45, 2.75) is 32.2 Å². The summed E-state index contributed by atoms with van der Waals surface area (Å²) in [5.74, 6) is 0.0885. The first-order valence-electron chi connectivity index (χ1n) is 5.94. The third-order valence-corrected chi connectivity index (χ3v) is 3.56. The van der Waals surface area contributed by atoms with Crippen molar-refractivity contribution in [3.63, 3.8) is 0 Å². The van der Waals surface area contributed by atoms with Gasteiger partial charge in [0.1, 0.15) is 0 Å². The molecule has 0 aromatic heterocycles. The van der Waals surface area contributed by atoms with Crippen LogP contribution in [0.4, 0.5) is 5.69 Å². The van der Waals surface area contributed by atoms with Gasteiger partial charge in [-0.25, -0.2) is 0 Å². The fraction of sp³-hybridized carbons (Fsp3) is 0.462. The summed E-state index contributed by atoms with van der Waals surface area (Å²) in [6.45, 7) is 3.03. The lowest BCUT2D eigenvalue weighted by Crippen LogP contribution is -2.27. The smallest absolute Gasteiger partial charge is 0.225 e. The number of halogens is 1. The van der Waals surface area contributed by atoms with Gasteiger partial charge in [0.05, 0.1) is 0 Å². The van der Waals surface area contributed by atoms with Crippen molar-refractivity contribution in [3.8, 4) is 0 Å². The van der Waals surface area contributed by atoms with Crippen LogP contribution in [0.3, 0.4) is 0 Å². The Labute approximate surface area is 110 Å². The molecule has 1 aromatic rings. The lowest BCUT2D eigenvalue weighted by Gasteiger charge is -2.12. The van der Waals surface area contributed by atoms with Crippen LogP contribution in [0, 0.1) is 6.92 Å². The number of anilines is 1. The van der Waals surface area contributed by atoms with Crippen molar-refractivity contribution in [2.24, 2.45) is 0 Å². The van der Waals surface area contributed by atoms with E-state index in [-0.39, 0.29) is 5.91 Å². The number of amides is 1. The summed E-state index contributed by atoms with van der Waals surface area (Å²) in [6, 6.07) is 6.26. The Morgan fingerprint density at radius 1 is 1.59 bits per heavy atom. The van der Waals surface area contributed by atoms with Gasteiger partial charge in [0.25, 0.3) is 0 Å². The third-order valence-electron chi connectivity index (χ3n) is 3.07. The predicted molar refractivity (Wildman–Crippen MR) is 73.2 cm³/mol. The highest BCUT2D eigenvalue weighted by Gasteiger charge is 2.17. The second-order valence-electron chi connectivity index (χ2n) is 4.50. The highest BCUT2D eigenvalue weighted by atomic mass is 79.9. The molecule has 92 valence electrons. The van der Waals surface area contributed by atoms with Gasteiger partial charge in [0.15, 0.2) is 0 Å². The van der Waals surface area contributed by atoms with Gasteiger partial charge in [-0.15, -0.1) is 0 Å². The van der Waals surface area contributed by atoms with Gasteiger partial charge in [0.2, 0.25) is 5.91 Å². The Bertz CT molecular complexity index is 414. The minimum absolute atomic E-state index is 0.0885. The van der Waals surface area contributed by atoms with E-state index in [1.165, 1.54) is 6.42 Å². The lowest BCUT2D eigenvalue weighted by molar-refractivity contribution is -0.116. The number of rotatable bonds is 3. The molecule has 1 unspecified atom stereocenters. The first-order chi connectivity index (χ1) is 8.15. The van der Waals surface area contributed by atoms with Gasteiger partial charge in [-0.2, -0.15) is 0 Å². The van der Waals surface area contributed by atoms with E-state index in [1.807, 2.05) is 25.1 Å². The standard InChI is InChI=1S/C13H17BrN2O/c1-9-4-5-10(14)7-12(9)16-13(17)8-11-3-2-6-15-11/h4-5,7,11,15H,2-3,6,8H2,1H3,(H,16,17). The molecule has 0 saturated carbocycles.